The number of aromatic hydroxyl groups is 2. The third-order valence-electron chi connectivity index (χ3n) is 4.21. The Hall–Kier alpha value is -3.43. The van der Waals surface area contributed by atoms with Gasteiger partial charge in [0.15, 0.2) is 11.6 Å². The first-order chi connectivity index (χ1) is 14.5. The molecule has 0 saturated carbocycles. The SMILES string of the molecule is CCOCCOc1nc(-c2ccc(CO)cc2O)nc(-c2ccc(OC)cc2O)n1. The Bertz CT molecular complexity index is 940. The number of hydrogen-bond donors (Lipinski definition) is 3. The molecule has 0 fully saturated rings. The maximum Gasteiger partial charge on any atom is 0.320 e. The second kappa shape index (κ2) is 9.86. The molecule has 1 heterocycles. The zero-order valence-corrected chi connectivity index (χ0v) is 16.7. The zero-order chi connectivity index (χ0) is 21.5. The normalized spacial score (nSPS) is 10.8. The van der Waals surface area contributed by atoms with E-state index in [1.54, 1.807) is 24.3 Å². The summed E-state index contributed by atoms with van der Waals surface area (Å²) in [7, 11) is 1.50. The molecule has 9 heteroatoms. The Morgan fingerprint density at radius 1 is 0.867 bits per heavy atom. The molecule has 30 heavy (non-hydrogen) atoms. The van der Waals surface area contributed by atoms with Crippen LogP contribution in [0, 0.1) is 0 Å². The van der Waals surface area contributed by atoms with Gasteiger partial charge in [0, 0.05) is 12.7 Å². The Balaban J connectivity index is 2.05. The number of benzene rings is 2. The van der Waals surface area contributed by atoms with Crippen LogP contribution in [0.1, 0.15) is 12.5 Å². The summed E-state index contributed by atoms with van der Waals surface area (Å²) in [5.41, 5.74) is 1.23. The molecule has 2 aromatic carbocycles. The lowest BCUT2D eigenvalue weighted by molar-refractivity contribution is 0.106. The average Bonchev–Trinajstić information content (AvgIpc) is 2.76. The summed E-state index contributed by atoms with van der Waals surface area (Å²) < 4.78 is 16.0. The second-order valence-corrected chi connectivity index (χ2v) is 6.20. The van der Waals surface area contributed by atoms with Crippen LogP contribution in [0.3, 0.4) is 0 Å². The third kappa shape index (κ3) is 4.94. The van der Waals surface area contributed by atoms with E-state index in [4.69, 9.17) is 14.2 Å². The molecule has 0 radical (unpaired) electrons. The minimum Gasteiger partial charge on any atom is -0.507 e. The Morgan fingerprint density at radius 2 is 1.53 bits per heavy atom. The summed E-state index contributed by atoms with van der Waals surface area (Å²) in [6.07, 6.45) is 0. The van der Waals surface area contributed by atoms with E-state index < -0.39 is 0 Å². The molecule has 3 aromatic rings. The molecule has 0 atom stereocenters. The van der Waals surface area contributed by atoms with Crippen molar-refractivity contribution in [2.75, 3.05) is 26.9 Å². The first kappa shape index (κ1) is 21.3. The Morgan fingerprint density at radius 3 is 2.10 bits per heavy atom. The van der Waals surface area contributed by atoms with Crippen molar-refractivity contribution in [2.24, 2.45) is 0 Å². The number of phenolic OH excluding ortho intramolecular Hbond substituents is 2. The van der Waals surface area contributed by atoms with Crippen LogP contribution in [0.2, 0.25) is 0 Å². The first-order valence-electron chi connectivity index (χ1n) is 9.32. The molecule has 0 bridgehead atoms. The van der Waals surface area contributed by atoms with E-state index in [0.717, 1.165) is 0 Å². The van der Waals surface area contributed by atoms with E-state index in [9.17, 15) is 15.3 Å². The van der Waals surface area contributed by atoms with Crippen LogP contribution >= 0.6 is 0 Å². The summed E-state index contributed by atoms with van der Waals surface area (Å²) in [5.74, 6) is 0.626. The van der Waals surface area contributed by atoms with Gasteiger partial charge in [-0.05, 0) is 36.8 Å². The number of aliphatic hydroxyl groups excluding tert-OH is 1. The lowest BCUT2D eigenvalue weighted by Gasteiger charge is -2.11. The van der Waals surface area contributed by atoms with Gasteiger partial charge in [-0.15, -0.1) is 0 Å². The van der Waals surface area contributed by atoms with Crippen molar-refractivity contribution in [2.45, 2.75) is 13.5 Å². The van der Waals surface area contributed by atoms with Gasteiger partial charge in [0.05, 0.1) is 31.5 Å². The van der Waals surface area contributed by atoms with Crippen LogP contribution in [0.25, 0.3) is 22.8 Å². The Kier molecular flexibility index (Phi) is 6.99. The topological polar surface area (TPSA) is 127 Å². The van der Waals surface area contributed by atoms with E-state index in [0.29, 0.717) is 35.7 Å². The summed E-state index contributed by atoms with van der Waals surface area (Å²) >= 11 is 0. The molecular formula is C21H23N3O6. The van der Waals surface area contributed by atoms with Gasteiger partial charge >= 0.3 is 6.01 Å². The molecule has 3 rings (SSSR count). The minimum absolute atomic E-state index is 0.0237. The first-order valence-corrected chi connectivity index (χ1v) is 9.32. The highest BCUT2D eigenvalue weighted by atomic mass is 16.5. The summed E-state index contributed by atoms with van der Waals surface area (Å²) in [5, 5.41) is 30.0. The second-order valence-electron chi connectivity index (χ2n) is 6.20. The fraction of sp³-hybridized carbons (Fsp3) is 0.286. The van der Waals surface area contributed by atoms with Gasteiger partial charge in [-0.25, -0.2) is 4.98 Å². The number of phenols is 2. The summed E-state index contributed by atoms with van der Waals surface area (Å²) in [4.78, 5) is 13.0. The number of nitrogens with zero attached hydrogens (tertiary/aromatic N) is 3. The molecule has 158 valence electrons. The van der Waals surface area contributed by atoms with Crippen LogP contribution < -0.4 is 9.47 Å². The number of methoxy groups -OCH3 is 1. The van der Waals surface area contributed by atoms with Crippen molar-refractivity contribution in [3.8, 4) is 46.0 Å². The molecule has 1 aromatic heterocycles. The average molecular weight is 413 g/mol. The largest absolute Gasteiger partial charge is 0.507 e. The quantitative estimate of drug-likeness (QED) is 0.453. The molecule has 0 amide bonds. The molecule has 0 spiro atoms. The predicted octanol–water partition coefficient (Wildman–Crippen LogP) is 2.53. The number of hydrogen-bond acceptors (Lipinski definition) is 9. The van der Waals surface area contributed by atoms with Crippen molar-refractivity contribution in [1.82, 2.24) is 15.0 Å². The van der Waals surface area contributed by atoms with Crippen molar-refractivity contribution in [3.05, 3.63) is 42.0 Å². The molecule has 3 N–H and O–H groups in total. The lowest BCUT2D eigenvalue weighted by Crippen LogP contribution is -2.10. The van der Waals surface area contributed by atoms with Crippen LogP contribution in [-0.2, 0) is 11.3 Å². The van der Waals surface area contributed by atoms with E-state index in [2.05, 4.69) is 15.0 Å². The van der Waals surface area contributed by atoms with E-state index in [-0.39, 0.29) is 42.4 Å². The third-order valence-corrected chi connectivity index (χ3v) is 4.21. The van der Waals surface area contributed by atoms with Crippen molar-refractivity contribution < 1.29 is 29.5 Å². The number of aliphatic hydroxyl groups is 1. The van der Waals surface area contributed by atoms with Gasteiger partial charge in [-0.2, -0.15) is 9.97 Å². The molecule has 0 unspecified atom stereocenters. The highest BCUT2D eigenvalue weighted by molar-refractivity contribution is 5.70. The van der Waals surface area contributed by atoms with Gasteiger partial charge in [0.2, 0.25) is 0 Å². The number of rotatable bonds is 9. The minimum atomic E-state index is -0.207. The molecular weight excluding hydrogens is 390 g/mol. The number of aromatic nitrogens is 3. The van der Waals surface area contributed by atoms with Crippen LogP contribution in [0.4, 0.5) is 0 Å². The van der Waals surface area contributed by atoms with Gasteiger partial charge in [-0.1, -0.05) is 6.07 Å². The lowest BCUT2D eigenvalue weighted by atomic mass is 10.1. The van der Waals surface area contributed by atoms with Crippen molar-refractivity contribution in [3.63, 3.8) is 0 Å². The van der Waals surface area contributed by atoms with E-state index >= 15 is 0 Å². The van der Waals surface area contributed by atoms with Gasteiger partial charge < -0.3 is 29.5 Å². The van der Waals surface area contributed by atoms with Crippen LogP contribution in [-0.4, -0.2) is 57.2 Å². The Labute approximate surface area is 173 Å². The predicted molar refractivity (Wildman–Crippen MR) is 108 cm³/mol. The zero-order valence-electron chi connectivity index (χ0n) is 16.7. The smallest absolute Gasteiger partial charge is 0.320 e. The fourth-order valence-corrected chi connectivity index (χ4v) is 2.69. The maximum atomic E-state index is 10.4. The highest BCUT2D eigenvalue weighted by Crippen LogP contribution is 2.34. The molecule has 0 aliphatic carbocycles. The van der Waals surface area contributed by atoms with Gasteiger partial charge in [-0.3, -0.25) is 0 Å². The molecule has 0 saturated heterocycles. The van der Waals surface area contributed by atoms with Gasteiger partial charge in [0.25, 0.3) is 0 Å². The monoisotopic (exact) mass is 413 g/mol. The fourth-order valence-electron chi connectivity index (χ4n) is 2.69. The summed E-state index contributed by atoms with van der Waals surface area (Å²) in [6, 6.07) is 9.43. The van der Waals surface area contributed by atoms with Crippen molar-refractivity contribution >= 4 is 0 Å². The highest BCUT2D eigenvalue weighted by Gasteiger charge is 2.17. The number of ether oxygens (including phenoxy) is 3. The maximum absolute atomic E-state index is 10.4. The van der Waals surface area contributed by atoms with E-state index in [1.165, 1.54) is 19.2 Å². The molecule has 9 nitrogen and oxygen atoms in total. The van der Waals surface area contributed by atoms with Crippen molar-refractivity contribution in [1.29, 1.82) is 0 Å². The van der Waals surface area contributed by atoms with E-state index in [1.807, 2.05) is 6.92 Å². The summed E-state index contributed by atoms with van der Waals surface area (Å²) in [6.45, 7) is 2.81. The molecule has 0 aliphatic heterocycles. The standard InChI is InChI=1S/C21H23N3O6/c1-3-29-8-9-30-21-23-19(15-6-4-13(12-25)10-17(15)26)22-20(24-21)16-7-5-14(28-2)11-18(16)27/h4-7,10-11,25-27H,3,8-9,12H2,1-2H3. The van der Waals surface area contributed by atoms with Gasteiger partial charge in [0.1, 0.15) is 23.9 Å². The van der Waals surface area contributed by atoms with Crippen LogP contribution in [0.5, 0.6) is 23.3 Å². The molecule has 0 aliphatic rings. The van der Waals surface area contributed by atoms with Crippen LogP contribution in [0.15, 0.2) is 36.4 Å².